The highest BCUT2D eigenvalue weighted by molar-refractivity contribution is 9.10. The van der Waals surface area contributed by atoms with Crippen LogP contribution in [0.5, 0.6) is 0 Å². The fourth-order valence-corrected chi connectivity index (χ4v) is 2.63. The van der Waals surface area contributed by atoms with Gasteiger partial charge in [-0.2, -0.15) is 5.10 Å². The summed E-state index contributed by atoms with van der Waals surface area (Å²) in [6.07, 6.45) is 1.08. The number of aromatic nitrogens is 2. The normalized spacial score (nSPS) is 13.3. The minimum Gasteiger partial charge on any atom is -0.317 e. The van der Waals surface area contributed by atoms with Crippen molar-refractivity contribution >= 4 is 15.9 Å². The van der Waals surface area contributed by atoms with Gasteiger partial charge in [-0.15, -0.1) is 0 Å². The summed E-state index contributed by atoms with van der Waals surface area (Å²) in [4.78, 5) is 0. The molecule has 0 fully saturated rings. The summed E-state index contributed by atoms with van der Waals surface area (Å²) >= 11 is 3.68. The smallest absolute Gasteiger partial charge is 0.0738 e. The minimum atomic E-state index is 0.655. The number of hydrogen-bond donors (Lipinski definition) is 1. The number of rotatable bonds is 7. The van der Waals surface area contributed by atoms with Crippen molar-refractivity contribution in [2.24, 2.45) is 11.8 Å². The maximum Gasteiger partial charge on any atom is 0.0738 e. The van der Waals surface area contributed by atoms with E-state index in [1.54, 1.807) is 0 Å². The molecule has 0 bridgehead atoms. The topological polar surface area (TPSA) is 29.9 Å². The second-order valence-electron chi connectivity index (χ2n) is 5.18. The van der Waals surface area contributed by atoms with Gasteiger partial charge in [-0.05, 0) is 61.1 Å². The van der Waals surface area contributed by atoms with Gasteiger partial charge in [-0.3, -0.25) is 4.68 Å². The van der Waals surface area contributed by atoms with Gasteiger partial charge in [0.1, 0.15) is 0 Å². The first-order valence-electron chi connectivity index (χ1n) is 6.93. The standard InChI is InChI=1S/C14H26BrN3/c1-6-16-9-12(10(3)4)8-13-14(15)11(5)17-18(13)7-2/h10,12,16H,6-9H2,1-5H3. The molecule has 0 radical (unpaired) electrons. The Morgan fingerprint density at radius 3 is 2.50 bits per heavy atom. The van der Waals surface area contributed by atoms with Gasteiger partial charge in [0.05, 0.1) is 15.9 Å². The third kappa shape index (κ3) is 3.82. The highest BCUT2D eigenvalue weighted by Crippen LogP contribution is 2.26. The monoisotopic (exact) mass is 315 g/mol. The van der Waals surface area contributed by atoms with Gasteiger partial charge in [-0.25, -0.2) is 0 Å². The van der Waals surface area contributed by atoms with Crippen molar-refractivity contribution in [1.82, 2.24) is 15.1 Å². The fourth-order valence-electron chi connectivity index (χ4n) is 2.19. The van der Waals surface area contributed by atoms with Crippen LogP contribution in [-0.2, 0) is 13.0 Å². The lowest BCUT2D eigenvalue weighted by Gasteiger charge is -2.21. The zero-order valence-electron chi connectivity index (χ0n) is 12.3. The Morgan fingerprint density at radius 1 is 1.33 bits per heavy atom. The molecule has 0 aliphatic carbocycles. The number of nitrogens with one attached hydrogen (secondary N) is 1. The van der Waals surface area contributed by atoms with E-state index in [0.29, 0.717) is 11.8 Å². The van der Waals surface area contributed by atoms with Crippen molar-refractivity contribution in [2.75, 3.05) is 13.1 Å². The molecule has 1 aromatic heterocycles. The first-order chi connectivity index (χ1) is 8.51. The fraction of sp³-hybridized carbons (Fsp3) is 0.786. The highest BCUT2D eigenvalue weighted by Gasteiger charge is 2.19. The van der Waals surface area contributed by atoms with Crippen LogP contribution < -0.4 is 5.32 Å². The average molecular weight is 316 g/mol. The third-order valence-corrected chi connectivity index (χ3v) is 4.54. The molecule has 1 heterocycles. The van der Waals surface area contributed by atoms with E-state index in [0.717, 1.165) is 31.7 Å². The van der Waals surface area contributed by atoms with E-state index in [2.05, 4.69) is 65.6 Å². The predicted octanol–water partition coefficient (Wildman–Crippen LogP) is 3.40. The number of nitrogens with zero attached hydrogens (tertiary/aromatic N) is 2. The van der Waals surface area contributed by atoms with E-state index in [9.17, 15) is 0 Å². The van der Waals surface area contributed by atoms with E-state index in [1.165, 1.54) is 10.2 Å². The first kappa shape index (κ1) is 15.7. The van der Waals surface area contributed by atoms with Crippen molar-refractivity contribution in [2.45, 2.75) is 47.6 Å². The Labute approximate surface area is 119 Å². The Kier molecular flexibility index (Phi) is 6.36. The van der Waals surface area contributed by atoms with E-state index in [4.69, 9.17) is 0 Å². The third-order valence-electron chi connectivity index (χ3n) is 3.51. The van der Waals surface area contributed by atoms with E-state index < -0.39 is 0 Å². The molecular weight excluding hydrogens is 290 g/mol. The molecule has 1 rings (SSSR count). The number of aryl methyl sites for hydroxylation is 2. The summed E-state index contributed by atoms with van der Waals surface area (Å²) < 4.78 is 3.31. The van der Waals surface area contributed by atoms with E-state index in [1.807, 2.05) is 0 Å². The summed E-state index contributed by atoms with van der Waals surface area (Å²) in [5.74, 6) is 1.33. The zero-order valence-corrected chi connectivity index (χ0v) is 13.8. The molecule has 0 aromatic carbocycles. The molecule has 0 saturated heterocycles. The maximum atomic E-state index is 4.57. The van der Waals surface area contributed by atoms with Crippen LogP contribution in [0.25, 0.3) is 0 Å². The molecule has 3 nitrogen and oxygen atoms in total. The summed E-state index contributed by atoms with van der Waals surface area (Å²) in [7, 11) is 0. The van der Waals surface area contributed by atoms with Crippen LogP contribution >= 0.6 is 15.9 Å². The van der Waals surface area contributed by atoms with Crippen LogP contribution in [0, 0.1) is 18.8 Å². The minimum absolute atomic E-state index is 0.655. The van der Waals surface area contributed by atoms with E-state index >= 15 is 0 Å². The maximum absolute atomic E-state index is 4.57. The van der Waals surface area contributed by atoms with Crippen LogP contribution in [0.15, 0.2) is 4.47 Å². The Morgan fingerprint density at radius 2 is 2.00 bits per heavy atom. The first-order valence-corrected chi connectivity index (χ1v) is 7.72. The molecule has 1 N–H and O–H groups in total. The Hall–Kier alpha value is -0.350. The second kappa shape index (κ2) is 7.29. The van der Waals surface area contributed by atoms with Gasteiger partial charge in [0.2, 0.25) is 0 Å². The summed E-state index contributed by atoms with van der Waals surface area (Å²) in [6, 6.07) is 0. The highest BCUT2D eigenvalue weighted by atomic mass is 79.9. The van der Waals surface area contributed by atoms with Gasteiger partial charge < -0.3 is 5.32 Å². The second-order valence-corrected chi connectivity index (χ2v) is 5.97. The lowest BCUT2D eigenvalue weighted by Crippen LogP contribution is -2.28. The van der Waals surface area contributed by atoms with Crippen molar-refractivity contribution in [1.29, 1.82) is 0 Å². The number of hydrogen-bond acceptors (Lipinski definition) is 2. The van der Waals surface area contributed by atoms with Gasteiger partial charge in [0.25, 0.3) is 0 Å². The Balaban J connectivity index is 2.85. The van der Waals surface area contributed by atoms with Gasteiger partial charge >= 0.3 is 0 Å². The van der Waals surface area contributed by atoms with Crippen molar-refractivity contribution in [3.8, 4) is 0 Å². The molecule has 0 aliphatic rings. The molecule has 0 saturated carbocycles. The molecule has 104 valence electrons. The molecule has 1 aromatic rings. The van der Waals surface area contributed by atoms with Crippen molar-refractivity contribution in [3.05, 3.63) is 15.9 Å². The summed E-state index contributed by atoms with van der Waals surface area (Å²) in [6.45, 7) is 14.0. The van der Waals surface area contributed by atoms with E-state index in [-0.39, 0.29) is 0 Å². The zero-order chi connectivity index (χ0) is 13.7. The SMILES string of the molecule is CCNCC(Cc1c(Br)c(C)nn1CC)C(C)C. The number of halogens is 1. The van der Waals surface area contributed by atoms with Crippen LogP contribution in [-0.4, -0.2) is 22.9 Å². The molecule has 0 spiro atoms. The van der Waals surface area contributed by atoms with Crippen LogP contribution in [0.2, 0.25) is 0 Å². The summed E-state index contributed by atoms with van der Waals surface area (Å²) in [5, 5.41) is 8.04. The predicted molar refractivity (Wildman–Crippen MR) is 80.9 cm³/mol. The molecule has 4 heteroatoms. The summed E-state index contributed by atoms with van der Waals surface area (Å²) in [5.41, 5.74) is 2.43. The van der Waals surface area contributed by atoms with Crippen molar-refractivity contribution < 1.29 is 0 Å². The van der Waals surface area contributed by atoms with Gasteiger partial charge in [0.15, 0.2) is 0 Å². The Bertz CT molecular complexity index is 371. The van der Waals surface area contributed by atoms with Crippen LogP contribution in [0.1, 0.15) is 39.1 Å². The quantitative estimate of drug-likeness (QED) is 0.835. The largest absolute Gasteiger partial charge is 0.317 e. The molecule has 1 unspecified atom stereocenters. The average Bonchev–Trinajstić information content (AvgIpc) is 2.61. The van der Waals surface area contributed by atoms with Crippen LogP contribution in [0.4, 0.5) is 0 Å². The molecular formula is C14H26BrN3. The molecule has 0 amide bonds. The van der Waals surface area contributed by atoms with Crippen molar-refractivity contribution in [3.63, 3.8) is 0 Å². The van der Waals surface area contributed by atoms with Gasteiger partial charge in [-0.1, -0.05) is 20.8 Å². The van der Waals surface area contributed by atoms with Crippen LogP contribution in [0.3, 0.4) is 0 Å². The molecule has 0 aliphatic heterocycles. The van der Waals surface area contributed by atoms with Gasteiger partial charge in [0, 0.05) is 6.54 Å². The molecule has 1 atom stereocenters. The molecule has 18 heavy (non-hydrogen) atoms. The lowest BCUT2D eigenvalue weighted by atomic mass is 9.91. The lowest BCUT2D eigenvalue weighted by molar-refractivity contribution is 0.354.